The Morgan fingerprint density at radius 2 is 1.67 bits per heavy atom. The van der Waals surface area contributed by atoms with Crippen LogP contribution in [-0.2, 0) is 10.2 Å². The molecule has 2 rings (SSSR count). The lowest BCUT2D eigenvalue weighted by Crippen LogP contribution is -2.33. The molecule has 0 aliphatic carbocycles. The van der Waals surface area contributed by atoms with Crippen LogP contribution in [0.1, 0.15) is 31.4 Å². The van der Waals surface area contributed by atoms with Crippen LogP contribution < -0.4 is 15.8 Å². The van der Waals surface area contributed by atoms with Gasteiger partial charge in [0.25, 0.3) is 0 Å². The summed E-state index contributed by atoms with van der Waals surface area (Å²) in [4.78, 5) is 12.4. The van der Waals surface area contributed by atoms with Crippen molar-refractivity contribution < 1.29 is 15.0 Å². The van der Waals surface area contributed by atoms with E-state index in [-0.39, 0.29) is 23.8 Å². The topological polar surface area (TPSA) is 69.6 Å². The number of carbonyl (C=O) groups is 1. The molecule has 0 saturated heterocycles. The molecule has 0 saturated carbocycles. The SMILES string of the molecule is C=c1c(C)c(O)c(=C)c(C(C)(C)CC(=O)Nc2ccccc2)c1O. The second kappa shape index (κ2) is 6.40. The molecule has 1 amide bonds. The standard InChI is InChI=1S/C20H23NO3/c1-12-13(2)19(24)17(14(3)18(12)23)20(4,5)11-16(22)21-15-9-7-6-8-10-15/h6-10,23-24H,2-3,11H2,1,4-5H3,(H,21,22). The van der Waals surface area contributed by atoms with Crippen molar-refractivity contribution in [1.82, 2.24) is 0 Å². The van der Waals surface area contributed by atoms with Crippen molar-refractivity contribution in [1.29, 1.82) is 0 Å². The third kappa shape index (κ3) is 3.27. The van der Waals surface area contributed by atoms with Gasteiger partial charge in [0, 0.05) is 39.1 Å². The second-order valence-corrected chi connectivity index (χ2v) is 6.63. The molecule has 0 spiro atoms. The van der Waals surface area contributed by atoms with E-state index in [2.05, 4.69) is 18.5 Å². The minimum atomic E-state index is -0.725. The van der Waals surface area contributed by atoms with Crippen LogP contribution in [0, 0.1) is 6.92 Å². The molecule has 2 aromatic rings. The molecule has 0 fully saturated rings. The van der Waals surface area contributed by atoms with Crippen LogP contribution in [0.25, 0.3) is 13.2 Å². The summed E-state index contributed by atoms with van der Waals surface area (Å²) in [6.07, 6.45) is 0.125. The zero-order valence-electron chi connectivity index (χ0n) is 14.3. The molecular formula is C20H23NO3. The smallest absolute Gasteiger partial charge is 0.225 e. The number of phenolic OH excluding ortho intramolecular Hbond substituents is 2. The number of benzene rings is 2. The van der Waals surface area contributed by atoms with Crippen LogP contribution in [-0.4, -0.2) is 16.1 Å². The van der Waals surface area contributed by atoms with Crippen molar-refractivity contribution in [2.75, 3.05) is 5.32 Å². The summed E-state index contributed by atoms with van der Waals surface area (Å²) in [5.74, 6) is -0.201. The Balaban J connectivity index is 2.36. The Morgan fingerprint density at radius 1 is 1.08 bits per heavy atom. The first-order chi connectivity index (χ1) is 11.1. The van der Waals surface area contributed by atoms with E-state index in [1.165, 1.54) is 0 Å². The average molecular weight is 325 g/mol. The van der Waals surface area contributed by atoms with Gasteiger partial charge in [-0.1, -0.05) is 45.2 Å². The number of amides is 1. The zero-order chi connectivity index (χ0) is 18.1. The van der Waals surface area contributed by atoms with Crippen LogP contribution in [0.5, 0.6) is 11.5 Å². The van der Waals surface area contributed by atoms with Crippen molar-refractivity contribution in [3.63, 3.8) is 0 Å². The van der Waals surface area contributed by atoms with Gasteiger partial charge in [0.1, 0.15) is 11.5 Å². The summed E-state index contributed by atoms with van der Waals surface area (Å²) in [5.41, 5.74) is 0.920. The van der Waals surface area contributed by atoms with Crippen LogP contribution in [0.3, 0.4) is 0 Å². The lowest BCUT2D eigenvalue weighted by Gasteiger charge is -2.27. The quantitative estimate of drug-likeness (QED) is 0.757. The number of aromatic hydroxyl groups is 2. The maximum atomic E-state index is 12.4. The normalized spacial score (nSPS) is 11.3. The lowest BCUT2D eigenvalue weighted by atomic mass is 9.78. The molecule has 4 heteroatoms. The largest absolute Gasteiger partial charge is 0.507 e. The maximum Gasteiger partial charge on any atom is 0.225 e. The van der Waals surface area contributed by atoms with Gasteiger partial charge >= 0.3 is 0 Å². The van der Waals surface area contributed by atoms with E-state index in [4.69, 9.17) is 0 Å². The predicted octanol–water partition coefficient (Wildman–Crippen LogP) is 2.53. The van der Waals surface area contributed by atoms with E-state index >= 15 is 0 Å². The first kappa shape index (κ1) is 17.6. The van der Waals surface area contributed by atoms with Gasteiger partial charge < -0.3 is 15.5 Å². The molecule has 0 atom stereocenters. The summed E-state index contributed by atoms with van der Waals surface area (Å²) in [5, 5.41) is 24.2. The number of nitrogens with one attached hydrogen (secondary N) is 1. The molecule has 0 radical (unpaired) electrons. The van der Waals surface area contributed by atoms with E-state index in [1.54, 1.807) is 19.1 Å². The molecule has 4 nitrogen and oxygen atoms in total. The van der Waals surface area contributed by atoms with Crippen molar-refractivity contribution in [2.45, 2.75) is 32.6 Å². The Morgan fingerprint density at radius 3 is 2.25 bits per heavy atom. The molecule has 3 N–H and O–H groups in total. The number of rotatable bonds is 4. The molecular weight excluding hydrogens is 302 g/mol. The van der Waals surface area contributed by atoms with Gasteiger partial charge in [-0.25, -0.2) is 0 Å². The summed E-state index contributed by atoms with van der Waals surface area (Å²) < 4.78 is 0. The van der Waals surface area contributed by atoms with Crippen LogP contribution in [0.15, 0.2) is 30.3 Å². The summed E-state index contributed by atoms with van der Waals surface area (Å²) in [6.45, 7) is 13.0. The highest BCUT2D eigenvalue weighted by Crippen LogP contribution is 2.31. The van der Waals surface area contributed by atoms with Gasteiger partial charge in [-0.3, -0.25) is 4.79 Å². The first-order valence-corrected chi connectivity index (χ1v) is 7.73. The van der Waals surface area contributed by atoms with Crippen LogP contribution in [0.2, 0.25) is 0 Å². The van der Waals surface area contributed by atoms with Gasteiger partial charge in [-0.2, -0.15) is 0 Å². The lowest BCUT2D eigenvalue weighted by molar-refractivity contribution is -0.117. The molecule has 0 bridgehead atoms. The Kier molecular flexibility index (Phi) is 4.69. The molecule has 126 valence electrons. The van der Waals surface area contributed by atoms with Gasteiger partial charge in [0.2, 0.25) is 5.91 Å². The van der Waals surface area contributed by atoms with Crippen LogP contribution in [0.4, 0.5) is 5.69 Å². The molecule has 2 aromatic carbocycles. The summed E-state index contributed by atoms with van der Waals surface area (Å²) >= 11 is 0. The highest BCUT2D eigenvalue weighted by molar-refractivity contribution is 5.91. The number of anilines is 1. The van der Waals surface area contributed by atoms with Gasteiger partial charge in [-0.05, 0) is 19.1 Å². The highest BCUT2D eigenvalue weighted by atomic mass is 16.3. The van der Waals surface area contributed by atoms with Crippen LogP contribution >= 0.6 is 0 Å². The minimum Gasteiger partial charge on any atom is -0.507 e. The third-order valence-corrected chi connectivity index (χ3v) is 4.25. The van der Waals surface area contributed by atoms with Gasteiger partial charge in [0.15, 0.2) is 0 Å². The molecule has 0 unspecified atom stereocenters. The first-order valence-electron chi connectivity index (χ1n) is 7.73. The number of phenols is 2. The van der Waals surface area contributed by atoms with E-state index in [1.807, 2.05) is 32.0 Å². The molecule has 0 aromatic heterocycles. The Bertz CT molecular complexity index is 870. The van der Waals surface area contributed by atoms with Crippen molar-refractivity contribution in [2.24, 2.45) is 0 Å². The molecule has 24 heavy (non-hydrogen) atoms. The monoisotopic (exact) mass is 325 g/mol. The van der Waals surface area contributed by atoms with Crippen molar-refractivity contribution in [3.05, 3.63) is 51.9 Å². The van der Waals surface area contributed by atoms with E-state index in [0.717, 1.165) is 0 Å². The van der Waals surface area contributed by atoms with E-state index in [9.17, 15) is 15.0 Å². The molecule has 0 aliphatic heterocycles. The zero-order valence-corrected chi connectivity index (χ0v) is 14.3. The highest BCUT2D eigenvalue weighted by Gasteiger charge is 2.30. The van der Waals surface area contributed by atoms with Crippen molar-refractivity contribution in [3.8, 4) is 11.5 Å². The fourth-order valence-corrected chi connectivity index (χ4v) is 2.90. The summed E-state index contributed by atoms with van der Waals surface area (Å²) in [7, 11) is 0. The average Bonchev–Trinajstić information content (AvgIpc) is 2.51. The number of para-hydroxylation sites is 1. The predicted molar refractivity (Wildman–Crippen MR) is 97.5 cm³/mol. The third-order valence-electron chi connectivity index (χ3n) is 4.25. The van der Waals surface area contributed by atoms with Crippen molar-refractivity contribution >= 4 is 24.8 Å². The minimum absolute atomic E-state index is 0.00402. The Labute approximate surface area is 141 Å². The van der Waals surface area contributed by atoms with E-state index in [0.29, 0.717) is 27.3 Å². The molecule has 0 heterocycles. The summed E-state index contributed by atoms with van der Waals surface area (Å²) in [6, 6.07) is 9.17. The second-order valence-electron chi connectivity index (χ2n) is 6.63. The Hall–Kier alpha value is -2.75. The number of hydrogen-bond acceptors (Lipinski definition) is 3. The maximum absolute atomic E-state index is 12.4. The van der Waals surface area contributed by atoms with Gasteiger partial charge in [0.05, 0.1) is 0 Å². The fourth-order valence-electron chi connectivity index (χ4n) is 2.90. The molecule has 0 aliphatic rings. The number of carbonyl (C=O) groups excluding carboxylic acids is 1. The fraction of sp³-hybridized carbons (Fsp3) is 0.250. The number of hydrogen-bond donors (Lipinski definition) is 3. The van der Waals surface area contributed by atoms with E-state index < -0.39 is 5.41 Å². The van der Waals surface area contributed by atoms with Gasteiger partial charge in [-0.15, -0.1) is 0 Å².